The van der Waals surface area contributed by atoms with Crippen LogP contribution in [0.2, 0.25) is 0 Å². The van der Waals surface area contributed by atoms with Gasteiger partial charge in [-0.2, -0.15) is 0 Å². The number of aryl methyl sites for hydroxylation is 1. The third-order valence-electron chi connectivity index (χ3n) is 3.41. The molecule has 0 aliphatic heterocycles. The summed E-state index contributed by atoms with van der Waals surface area (Å²) >= 11 is 0. The number of nitrogens with zero attached hydrogens (tertiary/aromatic N) is 1. The van der Waals surface area contributed by atoms with Crippen LogP contribution >= 0.6 is 0 Å². The van der Waals surface area contributed by atoms with E-state index in [2.05, 4.69) is 11.9 Å². The van der Waals surface area contributed by atoms with Crippen molar-refractivity contribution in [2.24, 2.45) is 5.92 Å². The Balaban J connectivity index is 2.99. The van der Waals surface area contributed by atoms with Crippen molar-refractivity contribution in [3.8, 4) is 5.75 Å². The maximum absolute atomic E-state index is 9.69. The number of pyridine rings is 1. The Kier molecular flexibility index (Phi) is 4.94. The highest BCUT2D eigenvalue weighted by Gasteiger charge is 2.17. The predicted octanol–water partition coefficient (Wildman–Crippen LogP) is 2.66. The molecule has 17 heavy (non-hydrogen) atoms. The normalized spacial score (nSPS) is 14.5. The van der Waals surface area contributed by atoms with Gasteiger partial charge in [0.05, 0.1) is 13.2 Å². The predicted molar refractivity (Wildman–Crippen MR) is 69.4 cm³/mol. The number of ether oxygens (including phenoxy) is 1. The number of hydrogen-bond donors (Lipinski definition) is 1. The summed E-state index contributed by atoms with van der Waals surface area (Å²) < 4.78 is 5.39. The zero-order valence-electron chi connectivity index (χ0n) is 11.4. The second-order valence-electron chi connectivity index (χ2n) is 4.66. The second kappa shape index (κ2) is 6.01. The molecular formula is C14H23NO2. The summed E-state index contributed by atoms with van der Waals surface area (Å²) in [5.41, 5.74) is 3.17. The molecule has 0 aromatic carbocycles. The number of aromatic nitrogens is 1. The van der Waals surface area contributed by atoms with Crippen molar-refractivity contribution in [2.45, 2.75) is 46.6 Å². The fraction of sp³-hybridized carbons (Fsp3) is 0.643. The molecule has 0 aliphatic carbocycles. The van der Waals surface area contributed by atoms with Crippen LogP contribution in [-0.2, 0) is 6.42 Å². The van der Waals surface area contributed by atoms with Crippen LogP contribution in [0.4, 0.5) is 0 Å². The zero-order valence-corrected chi connectivity index (χ0v) is 11.4. The standard InChI is InChI=1S/C14H23NO2/c1-6-12(11(4)16)7-13-10(3)14(17-5)9(2)8-15-13/h8,11-12,16H,6-7H2,1-5H3. The van der Waals surface area contributed by atoms with Gasteiger partial charge in [-0.3, -0.25) is 4.98 Å². The van der Waals surface area contributed by atoms with Gasteiger partial charge in [-0.25, -0.2) is 0 Å². The SMILES string of the molecule is CCC(Cc1ncc(C)c(OC)c1C)C(C)O. The van der Waals surface area contributed by atoms with Crippen molar-refractivity contribution in [2.75, 3.05) is 7.11 Å². The number of aliphatic hydroxyl groups excluding tert-OH is 1. The number of methoxy groups -OCH3 is 1. The third-order valence-corrected chi connectivity index (χ3v) is 3.41. The first-order chi connectivity index (χ1) is 8.01. The molecule has 96 valence electrons. The fourth-order valence-electron chi connectivity index (χ4n) is 2.18. The van der Waals surface area contributed by atoms with E-state index in [4.69, 9.17) is 4.74 Å². The molecule has 0 saturated heterocycles. The summed E-state index contributed by atoms with van der Waals surface area (Å²) in [4.78, 5) is 4.47. The Morgan fingerprint density at radius 1 is 1.41 bits per heavy atom. The highest BCUT2D eigenvalue weighted by atomic mass is 16.5. The largest absolute Gasteiger partial charge is 0.496 e. The van der Waals surface area contributed by atoms with Crippen LogP contribution in [0.15, 0.2) is 6.20 Å². The molecule has 2 atom stereocenters. The maximum atomic E-state index is 9.69. The van der Waals surface area contributed by atoms with Gasteiger partial charge in [-0.1, -0.05) is 13.3 Å². The minimum Gasteiger partial charge on any atom is -0.496 e. The lowest BCUT2D eigenvalue weighted by Gasteiger charge is -2.19. The summed E-state index contributed by atoms with van der Waals surface area (Å²) in [5.74, 6) is 1.17. The quantitative estimate of drug-likeness (QED) is 0.856. The van der Waals surface area contributed by atoms with E-state index in [1.165, 1.54) is 0 Å². The van der Waals surface area contributed by atoms with Crippen molar-refractivity contribution in [1.29, 1.82) is 0 Å². The molecular weight excluding hydrogens is 214 g/mol. The van der Waals surface area contributed by atoms with Crippen LogP contribution in [0.1, 0.15) is 37.1 Å². The van der Waals surface area contributed by atoms with Crippen LogP contribution in [0.5, 0.6) is 5.75 Å². The average Bonchev–Trinajstić information content (AvgIpc) is 2.28. The minimum atomic E-state index is -0.298. The van der Waals surface area contributed by atoms with Crippen LogP contribution in [0.3, 0.4) is 0 Å². The third kappa shape index (κ3) is 3.19. The molecule has 3 nitrogen and oxygen atoms in total. The smallest absolute Gasteiger partial charge is 0.128 e. The van der Waals surface area contributed by atoms with Crippen LogP contribution < -0.4 is 4.74 Å². The van der Waals surface area contributed by atoms with Crippen molar-refractivity contribution < 1.29 is 9.84 Å². The van der Waals surface area contributed by atoms with E-state index in [-0.39, 0.29) is 12.0 Å². The van der Waals surface area contributed by atoms with Crippen molar-refractivity contribution in [3.63, 3.8) is 0 Å². The Bertz CT molecular complexity index is 375. The van der Waals surface area contributed by atoms with E-state index in [1.54, 1.807) is 7.11 Å². The summed E-state index contributed by atoms with van der Waals surface area (Å²) in [6.07, 6.45) is 3.30. The molecule has 1 rings (SSSR count). The molecule has 0 radical (unpaired) electrons. The molecule has 1 N–H and O–H groups in total. The van der Waals surface area contributed by atoms with Gasteiger partial charge < -0.3 is 9.84 Å². The molecule has 1 heterocycles. The van der Waals surface area contributed by atoms with Gasteiger partial charge in [0.25, 0.3) is 0 Å². The monoisotopic (exact) mass is 237 g/mol. The average molecular weight is 237 g/mol. The Hall–Kier alpha value is -1.09. The molecule has 2 unspecified atom stereocenters. The van der Waals surface area contributed by atoms with Gasteiger partial charge in [-0.05, 0) is 33.1 Å². The summed E-state index contributed by atoms with van der Waals surface area (Å²) in [5, 5.41) is 9.69. The second-order valence-corrected chi connectivity index (χ2v) is 4.66. The van der Waals surface area contributed by atoms with Crippen molar-refractivity contribution in [1.82, 2.24) is 4.98 Å². The van der Waals surface area contributed by atoms with E-state index in [0.29, 0.717) is 0 Å². The first kappa shape index (κ1) is 14.0. The highest BCUT2D eigenvalue weighted by molar-refractivity contribution is 5.41. The minimum absolute atomic E-state index is 0.258. The van der Waals surface area contributed by atoms with E-state index >= 15 is 0 Å². The molecule has 3 heteroatoms. The van der Waals surface area contributed by atoms with Gasteiger partial charge in [0.2, 0.25) is 0 Å². The lowest BCUT2D eigenvalue weighted by molar-refractivity contribution is 0.122. The van der Waals surface area contributed by atoms with E-state index < -0.39 is 0 Å². The number of hydrogen-bond acceptors (Lipinski definition) is 3. The highest BCUT2D eigenvalue weighted by Crippen LogP contribution is 2.26. The number of aliphatic hydroxyl groups is 1. The number of rotatable bonds is 5. The van der Waals surface area contributed by atoms with E-state index in [9.17, 15) is 5.11 Å². The zero-order chi connectivity index (χ0) is 13.0. The molecule has 0 saturated carbocycles. The Morgan fingerprint density at radius 2 is 2.06 bits per heavy atom. The van der Waals surface area contributed by atoms with E-state index in [0.717, 1.165) is 35.4 Å². The Morgan fingerprint density at radius 3 is 2.53 bits per heavy atom. The Labute approximate surface area is 104 Å². The van der Waals surface area contributed by atoms with Crippen molar-refractivity contribution >= 4 is 0 Å². The molecule has 0 fully saturated rings. The molecule has 0 bridgehead atoms. The molecule has 1 aromatic rings. The fourth-order valence-corrected chi connectivity index (χ4v) is 2.18. The van der Waals surface area contributed by atoms with Gasteiger partial charge in [0.1, 0.15) is 5.75 Å². The van der Waals surface area contributed by atoms with E-state index in [1.807, 2.05) is 27.0 Å². The topological polar surface area (TPSA) is 42.4 Å². The molecule has 0 amide bonds. The van der Waals surface area contributed by atoms with Gasteiger partial charge in [0.15, 0.2) is 0 Å². The summed E-state index contributed by atoms with van der Waals surface area (Å²) in [6.45, 7) is 7.96. The van der Waals surface area contributed by atoms with Gasteiger partial charge in [-0.15, -0.1) is 0 Å². The maximum Gasteiger partial charge on any atom is 0.128 e. The molecule has 1 aromatic heterocycles. The molecule has 0 aliphatic rings. The lowest BCUT2D eigenvalue weighted by atomic mass is 9.93. The van der Waals surface area contributed by atoms with Crippen molar-refractivity contribution in [3.05, 3.63) is 23.0 Å². The molecule has 0 spiro atoms. The van der Waals surface area contributed by atoms with Gasteiger partial charge >= 0.3 is 0 Å². The lowest BCUT2D eigenvalue weighted by Crippen LogP contribution is -2.19. The first-order valence-electron chi connectivity index (χ1n) is 6.18. The van der Waals surface area contributed by atoms with Gasteiger partial charge in [0, 0.05) is 23.0 Å². The summed E-state index contributed by atoms with van der Waals surface area (Å²) in [7, 11) is 1.69. The first-order valence-corrected chi connectivity index (χ1v) is 6.18. The van der Waals surface area contributed by atoms with Crippen LogP contribution in [-0.4, -0.2) is 23.3 Å². The van der Waals surface area contributed by atoms with Crippen LogP contribution in [0.25, 0.3) is 0 Å². The summed E-state index contributed by atoms with van der Waals surface area (Å²) in [6, 6.07) is 0. The van der Waals surface area contributed by atoms with Crippen LogP contribution in [0, 0.1) is 19.8 Å².